The average molecular weight is 536 g/mol. The summed E-state index contributed by atoms with van der Waals surface area (Å²) in [6, 6.07) is 17.4. The Kier molecular flexibility index (Phi) is 10.0. The van der Waals surface area contributed by atoms with Crippen molar-refractivity contribution < 1.29 is 13.9 Å². The lowest BCUT2D eigenvalue weighted by molar-refractivity contribution is 0.414. The molecule has 3 aromatic rings. The van der Waals surface area contributed by atoms with Crippen LogP contribution < -0.4 is 20.1 Å². The molecule has 3 rings (SSSR count). The maximum Gasteiger partial charge on any atom is 0.219 e. The molecule has 1 heterocycles. The zero-order chi connectivity index (χ0) is 21.2. The number of benzene rings is 2. The quantitative estimate of drug-likeness (QED) is 0.244. The van der Waals surface area contributed by atoms with E-state index in [1.807, 2.05) is 43.3 Å². The summed E-state index contributed by atoms with van der Waals surface area (Å²) in [4.78, 5) is 8.84. The molecule has 31 heavy (non-hydrogen) atoms. The Morgan fingerprint density at radius 2 is 1.81 bits per heavy atom. The molecule has 0 unspecified atom stereocenters. The van der Waals surface area contributed by atoms with Gasteiger partial charge < -0.3 is 20.1 Å². The molecule has 2 N–H and O–H groups in total. The van der Waals surface area contributed by atoms with Crippen molar-refractivity contribution in [2.45, 2.75) is 20.0 Å². The van der Waals surface area contributed by atoms with Crippen molar-refractivity contribution in [1.82, 2.24) is 15.6 Å². The highest BCUT2D eigenvalue weighted by molar-refractivity contribution is 14.0. The van der Waals surface area contributed by atoms with Crippen molar-refractivity contribution in [1.29, 1.82) is 0 Å². The highest BCUT2D eigenvalue weighted by atomic mass is 127. The van der Waals surface area contributed by atoms with E-state index in [2.05, 4.69) is 20.6 Å². The van der Waals surface area contributed by atoms with Gasteiger partial charge in [0.15, 0.2) is 5.96 Å². The lowest BCUT2D eigenvalue weighted by atomic mass is 10.2. The highest BCUT2D eigenvalue weighted by Gasteiger charge is 2.04. The number of hydrogen-bond acceptors (Lipinski definition) is 4. The first-order valence-electron chi connectivity index (χ1n) is 9.69. The first kappa shape index (κ1) is 24.4. The zero-order valence-corrected chi connectivity index (χ0v) is 19.8. The number of ether oxygens (including phenoxy) is 2. The summed E-state index contributed by atoms with van der Waals surface area (Å²) >= 11 is 0. The number of nitrogens with one attached hydrogen (secondary N) is 2. The third kappa shape index (κ3) is 8.05. The number of aliphatic imine (C=N–C) groups is 1. The predicted molar refractivity (Wildman–Crippen MR) is 131 cm³/mol. The SMILES string of the molecule is CCNC(=NCc1cccc(OC)c1)NCc1ccnc(Oc2ccc(F)cc2)c1.I. The molecular formula is C23H26FIN4O2. The number of guanidine groups is 1. The number of aromatic nitrogens is 1. The van der Waals surface area contributed by atoms with Crippen LogP contribution in [0.25, 0.3) is 0 Å². The van der Waals surface area contributed by atoms with Crippen molar-refractivity contribution in [3.8, 4) is 17.4 Å². The lowest BCUT2D eigenvalue weighted by Crippen LogP contribution is -2.36. The van der Waals surface area contributed by atoms with Gasteiger partial charge in [-0.1, -0.05) is 12.1 Å². The molecule has 0 saturated carbocycles. The number of hydrogen-bond donors (Lipinski definition) is 2. The van der Waals surface area contributed by atoms with Gasteiger partial charge in [-0.05, 0) is 60.5 Å². The fraction of sp³-hybridized carbons (Fsp3) is 0.217. The van der Waals surface area contributed by atoms with Gasteiger partial charge in [-0.25, -0.2) is 14.4 Å². The normalized spacial score (nSPS) is 10.7. The topological polar surface area (TPSA) is 67.8 Å². The van der Waals surface area contributed by atoms with Crippen LogP contribution in [0.5, 0.6) is 17.4 Å². The van der Waals surface area contributed by atoms with Crippen molar-refractivity contribution >= 4 is 29.9 Å². The van der Waals surface area contributed by atoms with Crippen LogP contribution in [0.3, 0.4) is 0 Å². The Morgan fingerprint density at radius 1 is 1.00 bits per heavy atom. The molecule has 0 radical (unpaired) electrons. The fourth-order valence-electron chi connectivity index (χ4n) is 2.71. The summed E-state index contributed by atoms with van der Waals surface area (Å²) in [6.07, 6.45) is 1.68. The first-order valence-corrected chi connectivity index (χ1v) is 9.69. The monoisotopic (exact) mass is 536 g/mol. The van der Waals surface area contributed by atoms with Gasteiger partial charge in [-0.3, -0.25) is 0 Å². The van der Waals surface area contributed by atoms with Crippen LogP contribution in [-0.4, -0.2) is 24.6 Å². The number of rotatable bonds is 8. The molecule has 0 atom stereocenters. The number of nitrogens with zero attached hydrogens (tertiary/aromatic N) is 2. The van der Waals surface area contributed by atoms with Crippen LogP contribution in [-0.2, 0) is 13.1 Å². The zero-order valence-electron chi connectivity index (χ0n) is 17.5. The summed E-state index contributed by atoms with van der Waals surface area (Å²) in [5, 5.41) is 6.55. The summed E-state index contributed by atoms with van der Waals surface area (Å²) in [6.45, 7) is 3.84. The molecule has 0 aliphatic carbocycles. The Balaban J connectivity index is 0.00000341. The third-order valence-electron chi connectivity index (χ3n) is 4.19. The van der Waals surface area contributed by atoms with E-state index in [1.165, 1.54) is 12.1 Å². The molecule has 0 saturated heterocycles. The van der Waals surface area contributed by atoms with Crippen molar-refractivity contribution in [3.05, 3.63) is 83.8 Å². The maximum absolute atomic E-state index is 13.0. The lowest BCUT2D eigenvalue weighted by Gasteiger charge is -2.12. The van der Waals surface area contributed by atoms with E-state index >= 15 is 0 Å². The molecule has 6 nitrogen and oxygen atoms in total. The van der Waals surface area contributed by atoms with Gasteiger partial charge in [0.1, 0.15) is 17.3 Å². The number of methoxy groups -OCH3 is 1. The van der Waals surface area contributed by atoms with E-state index < -0.39 is 0 Å². The Labute approximate surface area is 198 Å². The molecule has 0 aliphatic rings. The van der Waals surface area contributed by atoms with E-state index in [0.717, 1.165) is 23.4 Å². The van der Waals surface area contributed by atoms with Crippen LogP contribution in [0.2, 0.25) is 0 Å². The largest absolute Gasteiger partial charge is 0.497 e. The summed E-state index contributed by atoms with van der Waals surface area (Å²) in [5.41, 5.74) is 2.04. The van der Waals surface area contributed by atoms with E-state index in [0.29, 0.717) is 30.7 Å². The average Bonchev–Trinajstić information content (AvgIpc) is 2.78. The maximum atomic E-state index is 13.0. The van der Waals surface area contributed by atoms with E-state index in [4.69, 9.17) is 9.47 Å². The van der Waals surface area contributed by atoms with Gasteiger partial charge in [-0.15, -0.1) is 24.0 Å². The fourth-order valence-corrected chi connectivity index (χ4v) is 2.71. The van der Waals surface area contributed by atoms with Crippen LogP contribution in [0.15, 0.2) is 71.9 Å². The second-order valence-electron chi connectivity index (χ2n) is 6.46. The Hall–Kier alpha value is -2.88. The van der Waals surface area contributed by atoms with Crippen molar-refractivity contribution in [2.75, 3.05) is 13.7 Å². The summed E-state index contributed by atoms with van der Waals surface area (Å²) in [5.74, 6) is 2.18. The van der Waals surface area contributed by atoms with Crippen LogP contribution >= 0.6 is 24.0 Å². The van der Waals surface area contributed by atoms with Crippen LogP contribution in [0.1, 0.15) is 18.1 Å². The van der Waals surface area contributed by atoms with Gasteiger partial charge >= 0.3 is 0 Å². The van der Waals surface area contributed by atoms with E-state index in [1.54, 1.807) is 25.4 Å². The first-order chi connectivity index (χ1) is 14.7. The smallest absolute Gasteiger partial charge is 0.219 e. The van der Waals surface area contributed by atoms with Crippen molar-refractivity contribution in [2.24, 2.45) is 4.99 Å². The third-order valence-corrected chi connectivity index (χ3v) is 4.19. The molecule has 0 amide bonds. The van der Waals surface area contributed by atoms with Crippen molar-refractivity contribution in [3.63, 3.8) is 0 Å². The molecular weight excluding hydrogens is 510 g/mol. The van der Waals surface area contributed by atoms with Gasteiger partial charge in [0.05, 0.1) is 13.7 Å². The van der Waals surface area contributed by atoms with E-state index in [-0.39, 0.29) is 29.8 Å². The predicted octanol–water partition coefficient (Wildman–Crippen LogP) is 4.89. The molecule has 0 fully saturated rings. The Morgan fingerprint density at radius 3 is 2.55 bits per heavy atom. The van der Waals surface area contributed by atoms with Crippen LogP contribution in [0.4, 0.5) is 4.39 Å². The molecule has 2 aromatic carbocycles. The number of pyridine rings is 1. The highest BCUT2D eigenvalue weighted by Crippen LogP contribution is 2.20. The van der Waals surface area contributed by atoms with Gasteiger partial charge in [0.2, 0.25) is 5.88 Å². The summed E-state index contributed by atoms with van der Waals surface area (Å²) < 4.78 is 24.0. The molecule has 0 bridgehead atoms. The molecule has 8 heteroatoms. The summed E-state index contributed by atoms with van der Waals surface area (Å²) in [7, 11) is 1.65. The standard InChI is InChI=1S/C23H25FN4O2.HI/c1-3-25-23(27-15-17-5-4-6-21(13-17)29-2)28-16-18-11-12-26-22(14-18)30-20-9-7-19(24)8-10-20;/h4-14H,3,15-16H2,1-2H3,(H2,25,27,28);1H. The molecule has 0 spiro atoms. The minimum absolute atomic E-state index is 0. The minimum atomic E-state index is -0.308. The second kappa shape index (κ2) is 12.7. The van der Waals surface area contributed by atoms with Crippen LogP contribution in [0, 0.1) is 5.82 Å². The molecule has 164 valence electrons. The molecule has 1 aromatic heterocycles. The number of halogens is 2. The second-order valence-corrected chi connectivity index (χ2v) is 6.46. The van der Waals surface area contributed by atoms with Gasteiger partial charge in [0, 0.05) is 25.4 Å². The molecule has 0 aliphatic heterocycles. The van der Waals surface area contributed by atoms with E-state index in [9.17, 15) is 4.39 Å². The minimum Gasteiger partial charge on any atom is -0.497 e. The van der Waals surface area contributed by atoms with Gasteiger partial charge in [0.25, 0.3) is 0 Å². The Bertz CT molecular complexity index is 983. The van der Waals surface area contributed by atoms with Gasteiger partial charge in [-0.2, -0.15) is 0 Å².